The van der Waals surface area contributed by atoms with E-state index < -0.39 is 0 Å². The highest BCUT2D eigenvalue weighted by Crippen LogP contribution is 2.26. The molecule has 2 rings (SSSR count). The van der Waals surface area contributed by atoms with Crippen LogP contribution in [0.4, 0.5) is 0 Å². The molecule has 2 heterocycles. The molecule has 1 aromatic rings. The molecule has 1 atom stereocenters. The Bertz CT molecular complexity index is 439. The van der Waals surface area contributed by atoms with Gasteiger partial charge in [0.25, 0.3) is 5.91 Å². The molecule has 0 N–H and O–H groups in total. The van der Waals surface area contributed by atoms with Crippen molar-refractivity contribution >= 4 is 17.5 Å². The van der Waals surface area contributed by atoms with Gasteiger partial charge in [-0.1, -0.05) is 25.4 Å². The van der Waals surface area contributed by atoms with E-state index in [1.54, 1.807) is 6.07 Å². The average molecular weight is 267 g/mol. The normalized spacial score (nSPS) is 19.6. The maximum Gasteiger partial charge on any atom is 0.254 e. The Balaban J connectivity index is 2.25. The van der Waals surface area contributed by atoms with E-state index >= 15 is 0 Å². The van der Waals surface area contributed by atoms with E-state index in [4.69, 9.17) is 11.6 Å². The maximum atomic E-state index is 12.5. The van der Waals surface area contributed by atoms with Crippen molar-refractivity contribution in [3.8, 4) is 0 Å². The minimum absolute atomic E-state index is 0.0820. The molecule has 1 aliphatic heterocycles. The minimum atomic E-state index is 0.0820. The van der Waals surface area contributed by atoms with Crippen LogP contribution in [0.15, 0.2) is 12.1 Å². The number of rotatable bonds is 2. The van der Waals surface area contributed by atoms with Gasteiger partial charge in [0.15, 0.2) is 0 Å². The van der Waals surface area contributed by atoms with Crippen molar-refractivity contribution in [2.24, 2.45) is 5.92 Å². The predicted molar refractivity (Wildman–Crippen MR) is 72.9 cm³/mol. The molecule has 0 bridgehead atoms. The monoisotopic (exact) mass is 266 g/mol. The molecule has 0 spiro atoms. The van der Waals surface area contributed by atoms with Gasteiger partial charge in [0.1, 0.15) is 5.15 Å². The number of aromatic nitrogens is 1. The van der Waals surface area contributed by atoms with Crippen LogP contribution in [0.2, 0.25) is 5.15 Å². The first kappa shape index (κ1) is 13.3. The Morgan fingerprint density at radius 3 is 2.83 bits per heavy atom. The second kappa shape index (κ2) is 5.27. The molecule has 1 amide bonds. The van der Waals surface area contributed by atoms with Gasteiger partial charge in [0, 0.05) is 23.8 Å². The van der Waals surface area contributed by atoms with Gasteiger partial charge in [-0.25, -0.2) is 4.98 Å². The Kier molecular flexibility index (Phi) is 3.91. The quantitative estimate of drug-likeness (QED) is 0.770. The van der Waals surface area contributed by atoms with Crippen LogP contribution in [-0.2, 0) is 0 Å². The van der Waals surface area contributed by atoms with Gasteiger partial charge in [0.2, 0.25) is 0 Å². The van der Waals surface area contributed by atoms with Crippen molar-refractivity contribution in [3.05, 3.63) is 28.5 Å². The Labute approximate surface area is 113 Å². The van der Waals surface area contributed by atoms with E-state index in [1.165, 1.54) is 0 Å². The SMILES string of the molecule is Cc1cc(C(=O)N2CCCC2C(C)C)cc(Cl)n1. The number of hydrogen-bond acceptors (Lipinski definition) is 2. The molecule has 0 aliphatic carbocycles. The maximum absolute atomic E-state index is 12.5. The van der Waals surface area contributed by atoms with Crippen LogP contribution in [0.3, 0.4) is 0 Å². The lowest BCUT2D eigenvalue weighted by Gasteiger charge is -2.27. The Morgan fingerprint density at radius 2 is 2.22 bits per heavy atom. The Morgan fingerprint density at radius 1 is 1.50 bits per heavy atom. The summed E-state index contributed by atoms with van der Waals surface area (Å²) < 4.78 is 0. The second-order valence-corrected chi connectivity index (χ2v) is 5.66. The Hall–Kier alpha value is -1.09. The summed E-state index contributed by atoms with van der Waals surface area (Å²) in [5.74, 6) is 0.577. The highest BCUT2D eigenvalue weighted by molar-refractivity contribution is 6.29. The molecule has 3 nitrogen and oxygen atoms in total. The molecule has 0 aromatic carbocycles. The van der Waals surface area contributed by atoms with Gasteiger partial charge in [-0.15, -0.1) is 0 Å². The van der Waals surface area contributed by atoms with Crippen molar-refractivity contribution in [2.75, 3.05) is 6.54 Å². The zero-order valence-corrected chi connectivity index (χ0v) is 11.9. The summed E-state index contributed by atoms with van der Waals surface area (Å²) in [5, 5.41) is 0.388. The molecule has 18 heavy (non-hydrogen) atoms. The first-order valence-corrected chi connectivity index (χ1v) is 6.82. The van der Waals surface area contributed by atoms with Crippen LogP contribution >= 0.6 is 11.6 Å². The predicted octanol–water partition coefficient (Wildman–Crippen LogP) is 3.30. The lowest BCUT2D eigenvalue weighted by molar-refractivity contribution is 0.0701. The van der Waals surface area contributed by atoms with E-state index in [0.717, 1.165) is 25.1 Å². The highest BCUT2D eigenvalue weighted by atomic mass is 35.5. The molecule has 98 valence electrons. The fraction of sp³-hybridized carbons (Fsp3) is 0.571. The molecule has 0 radical (unpaired) electrons. The third-order valence-corrected chi connectivity index (χ3v) is 3.69. The number of carbonyl (C=O) groups excluding carboxylic acids is 1. The fourth-order valence-corrected chi connectivity index (χ4v) is 2.91. The first-order valence-electron chi connectivity index (χ1n) is 6.44. The van der Waals surface area contributed by atoms with E-state index in [0.29, 0.717) is 22.7 Å². The van der Waals surface area contributed by atoms with Crippen molar-refractivity contribution in [2.45, 2.75) is 39.7 Å². The lowest BCUT2D eigenvalue weighted by Crippen LogP contribution is -2.38. The van der Waals surface area contributed by atoms with E-state index in [2.05, 4.69) is 18.8 Å². The summed E-state index contributed by atoms with van der Waals surface area (Å²) in [5.41, 5.74) is 1.44. The summed E-state index contributed by atoms with van der Waals surface area (Å²) in [6, 6.07) is 3.82. The number of hydrogen-bond donors (Lipinski definition) is 0. The van der Waals surface area contributed by atoms with Crippen molar-refractivity contribution in [3.63, 3.8) is 0 Å². The van der Waals surface area contributed by atoms with Gasteiger partial charge >= 0.3 is 0 Å². The second-order valence-electron chi connectivity index (χ2n) is 5.27. The van der Waals surface area contributed by atoms with Gasteiger partial charge in [-0.3, -0.25) is 4.79 Å². The van der Waals surface area contributed by atoms with Crippen LogP contribution in [0.1, 0.15) is 42.7 Å². The minimum Gasteiger partial charge on any atom is -0.335 e. The third-order valence-electron chi connectivity index (χ3n) is 3.50. The summed E-state index contributed by atoms with van der Waals surface area (Å²) in [6.07, 6.45) is 2.19. The molecular formula is C14H19ClN2O. The fourth-order valence-electron chi connectivity index (χ4n) is 2.66. The lowest BCUT2D eigenvalue weighted by atomic mass is 10.0. The molecule has 0 saturated carbocycles. The zero-order valence-electron chi connectivity index (χ0n) is 11.1. The van der Waals surface area contributed by atoms with Crippen molar-refractivity contribution < 1.29 is 4.79 Å². The summed E-state index contributed by atoms with van der Waals surface area (Å²) in [7, 11) is 0. The summed E-state index contributed by atoms with van der Waals surface area (Å²) in [4.78, 5) is 18.6. The summed E-state index contributed by atoms with van der Waals surface area (Å²) in [6.45, 7) is 7.04. The number of carbonyl (C=O) groups is 1. The number of halogens is 1. The zero-order chi connectivity index (χ0) is 13.3. The summed E-state index contributed by atoms with van der Waals surface area (Å²) >= 11 is 5.92. The molecule has 1 saturated heterocycles. The molecule has 1 unspecified atom stereocenters. The average Bonchev–Trinajstić information content (AvgIpc) is 2.75. The molecule has 4 heteroatoms. The van der Waals surface area contributed by atoms with E-state index in [9.17, 15) is 4.79 Å². The van der Waals surface area contributed by atoms with Crippen LogP contribution in [-0.4, -0.2) is 28.4 Å². The topological polar surface area (TPSA) is 33.2 Å². The standard InChI is InChI=1S/C14H19ClN2O/c1-9(2)12-5-4-6-17(12)14(18)11-7-10(3)16-13(15)8-11/h7-9,12H,4-6H2,1-3H3. The van der Waals surface area contributed by atoms with E-state index in [1.807, 2.05) is 17.9 Å². The smallest absolute Gasteiger partial charge is 0.254 e. The van der Waals surface area contributed by atoms with Crippen LogP contribution in [0.25, 0.3) is 0 Å². The highest BCUT2D eigenvalue weighted by Gasteiger charge is 2.31. The molecule has 1 aromatic heterocycles. The van der Waals surface area contributed by atoms with Gasteiger partial charge in [-0.05, 0) is 37.8 Å². The first-order chi connectivity index (χ1) is 8.49. The van der Waals surface area contributed by atoms with Gasteiger partial charge in [0.05, 0.1) is 0 Å². The van der Waals surface area contributed by atoms with Crippen LogP contribution in [0.5, 0.6) is 0 Å². The van der Waals surface area contributed by atoms with Crippen LogP contribution in [0, 0.1) is 12.8 Å². The number of amides is 1. The van der Waals surface area contributed by atoms with Crippen molar-refractivity contribution in [1.82, 2.24) is 9.88 Å². The molecular weight excluding hydrogens is 248 g/mol. The van der Waals surface area contributed by atoms with Gasteiger partial charge in [-0.2, -0.15) is 0 Å². The number of likely N-dealkylation sites (tertiary alicyclic amines) is 1. The number of nitrogens with zero attached hydrogens (tertiary/aromatic N) is 2. The van der Waals surface area contributed by atoms with E-state index in [-0.39, 0.29) is 5.91 Å². The number of aryl methyl sites for hydroxylation is 1. The molecule has 1 aliphatic rings. The van der Waals surface area contributed by atoms with Crippen molar-refractivity contribution in [1.29, 1.82) is 0 Å². The number of pyridine rings is 1. The largest absolute Gasteiger partial charge is 0.335 e. The van der Waals surface area contributed by atoms with Gasteiger partial charge < -0.3 is 4.90 Å². The molecule has 1 fully saturated rings. The van der Waals surface area contributed by atoms with Crippen LogP contribution < -0.4 is 0 Å². The third kappa shape index (κ3) is 2.66.